The summed E-state index contributed by atoms with van der Waals surface area (Å²) in [4.78, 5) is 13.4. The lowest BCUT2D eigenvalue weighted by Gasteiger charge is -2.12. The van der Waals surface area contributed by atoms with Crippen molar-refractivity contribution in [3.63, 3.8) is 0 Å². The first-order valence-electron chi connectivity index (χ1n) is 5.15. The SMILES string of the molecule is O=[N+]([O-])c1ccc(-c2cccnc2)c(C(F)(F)F)c1. The molecule has 2 aromatic rings. The number of non-ortho nitro benzene ring substituents is 1. The number of aromatic nitrogens is 1. The number of nitrogens with zero attached hydrogens (tertiary/aromatic N) is 2. The molecule has 19 heavy (non-hydrogen) atoms. The highest BCUT2D eigenvalue weighted by Crippen LogP contribution is 2.38. The van der Waals surface area contributed by atoms with E-state index in [1.165, 1.54) is 24.5 Å². The fourth-order valence-electron chi connectivity index (χ4n) is 1.65. The molecule has 1 aromatic carbocycles. The van der Waals surface area contributed by atoms with Gasteiger partial charge in [0.25, 0.3) is 5.69 Å². The first kappa shape index (κ1) is 13.0. The first-order valence-corrected chi connectivity index (χ1v) is 5.15. The smallest absolute Gasteiger partial charge is 0.264 e. The van der Waals surface area contributed by atoms with Gasteiger partial charge in [-0.05, 0) is 17.7 Å². The van der Waals surface area contributed by atoms with Gasteiger partial charge in [0.2, 0.25) is 0 Å². The van der Waals surface area contributed by atoms with Gasteiger partial charge in [-0.1, -0.05) is 6.07 Å². The van der Waals surface area contributed by atoms with Crippen molar-refractivity contribution in [1.82, 2.24) is 4.98 Å². The van der Waals surface area contributed by atoms with Crippen LogP contribution in [0.1, 0.15) is 5.56 Å². The van der Waals surface area contributed by atoms with E-state index in [1.54, 1.807) is 0 Å². The van der Waals surface area contributed by atoms with Crippen LogP contribution in [-0.4, -0.2) is 9.91 Å². The lowest BCUT2D eigenvalue weighted by molar-refractivity contribution is -0.385. The quantitative estimate of drug-likeness (QED) is 0.616. The van der Waals surface area contributed by atoms with E-state index in [0.717, 1.165) is 12.1 Å². The number of rotatable bonds is 2. The number of halogens is 3. The molecule has 0 aliphatic rings. The average Bonchev–Trinajstić information content (AvgIpc) is 2.38. The Hall–Kier alpha value is -2.44. The first-order chi connectivity index (χ1) is 8.89. The highest BCUT2D eigenvalue weighted by Gasteiger charge is 2.35. The summed E-state index contributed by atoms with van der Waals surface area (Å²) in [5.41, 5.74) is -1.52. The highest BCUT2D eigenvalue weighted by molar-refractivity contribution is 5.69. The minimum absolute atomic E-state index is 0.133. The molecule has 2 rings (SSSR count). The van der Waals surface area contributed by atoms with Crippen molar-refractivity contribution in [2.24, 2.45) is 0 Å². The molecule has 0 atom stereocenters. The van der Waals surface area contributed by atoms with Gasteiger partial charge in [0.15, 0.2) is 0 Å². The van der Waals surface area contributed by atoms with Crippen LogP contribution >= 0.6 is 0 Å². The third kappa shape index (κ3) is 2.70. The van der Waals surface area contributed by atoms with Gasteiger partial charge >= 0.3 is 6.18 Å². The van der Waals surface area contributed by atoms with Crippen LogP contribution < -0.4 is 0 Å². The van der Waals surface area contributed by atoms with Gasteiger partial charge in [-0.3, -0.25) is 15.1 Å². The summed E-state index contributed by atoms with van der Waals surface area (Å²) in [7, 11) is 0. The molecule has 0 N–H and O–H groups in total. The molecule has 98 valence electrons. The minimum Gasteiger partial charge on any atom is -0.264 e. The molecule has 7 heteroatoms. The van der Waals surface area contributed by atoms with Crippen molar-refractivity contribution >= 4 is 5.69 Å². The van der Waals surface area contributed by atoms with Gasteiger partial charge in [0, 0.05) is 30.1 Å². The Balaban J connectivity index is 2.65. The molecule has 1 aromatic heterocycles. The van der Waals surface area contributed by atoms with Gasteiger partial charge in [0.1, 0.15) is 0 Å². The summed E-state index contributed by atoms with van der Waals surface area (Å²) in [6.07, 6.45) is -1.96. The van der Waals surface area contributed by atoms with E-state index in [-0.39, 0.29) is 11.1 Å². The largest absolute Gasteiger partial charge is 0.417 e. The van der Waals surface area contributed by atoms with Crippen molar-refractivity contribution < 1.29 is 18.1 Å². The number of hydrogen-bond acceptors (Lipinski definition) is 3. The summed E-state index contributed by atoms with van der Waals surface area (Å²) < 4.78 is 38.8. The van der Waals surface area contributed by atoms with Crippen molar-refractivity contribution in [3.05, 3.63) is 58.4 Å². The molecule has 0 unspecified atom stereocenters. The highest BCUT2D eigenvalue weighted by atomic mass is 19.4. The summed E-state index contributed by atoms with van der Waals surface area (Å²) in [6, 6.07) is 5.61. The van der Waals surface area contributed by atoms with Crippen molar-refractivity contribution in [3.8, 4) is 11.1 Å². The van der Waals surface area contributed by atoms with Crippen LogP contribution in [0.4, 0.5) is 18.9 Å². The molecule has 0 fully saturated rings. The number of nitro groups is 1. The van der Waals surface area contributed by atoms with Crippen LogP contribution in [0, 0.1) is 10.1 Å². The Morgan fingerprint density at radius 3 is 2.47 bits per heavy atom. The Labute approximate surface area is 105 Å². The number of nitro benzene ring substituents is 1. The normalized spacial score (nSPS) is 11.3. The molecule has 0 radical (unpaired) electrons. The van der Waals surface area contributed by atoms with E-state index in [1.807, 2.05) is 0 Å². The van der Waals surface area contributed by atoms with Crippen molar-refractivity contribution in [2.45, 2.75) is 6.18 Å². The standard InChI is InChI=1S/C12H7F3N2O2/c13-12(14,15)11-6-9(17(18)19)3-4-10(11)8-2-1-5-16-7-8/h1-7H. The zero-order valence-electron chi connectivity index (χ0n) is 9.39. The second-order valence-corrected chi connectivity index (χ2v) is 3.73. The Morgan fingerprint density at radius 2 is 1.95 bits per heavy atom. The molecule has 4 nitrogen and oxygen atoms in total. The molecule has 0 spiro atoms. The fraction of sp³-hybridized carbons (Fsp3) is 0.0833. The average molecular weight is 268 g/mol. The molecule has 0 amide bonds. The van der Waals surface area contributed by atoms with Crippen LogP contribution in [0.25, 0.3) is 11.1 Å². The van der Waals surface area contributed by atoms with Crippen LogP contribution in [0.15, 0.2) is 42.7 Å². The zero-order valence-corrected chi connectivity index (χ0v) is 9.39. The predicted octanol–water partition coefficient (Wildman–Crippen LogP) is 3.68. The molecule has 0 saturated carbocycles. The van der Waals surface area contributed by atoms with E-state index >= 15 is 0 Å². The maximum atomic E-state index is 12.9. The second kappa shape index (κ2) is 4.68. The monoisotopic (exact) mass is 268 g/mol. The van der Waals surface area contributed by atoms with Crippen molar-refractivity contribution in [2.75, 3.05) is 0 Å². The number of pyridine rings is 1. The Kier molecular flexibility index (Phi) is 3.20. The molecule has 0 aliphatic heterocycles. The Morgan fingerprint density at radius 1 is 1.21 bits per heavy atom. The van der Waals surface area contributed by atoms with Crippen molar-refractivity contribution in [1.29, 1.82) is 0 Å². The maximum absolute atomic E-state index is 12.9. The number of alkyl halides is 3. The molecule has 0 bridgehead atoms. The van der Waals surface area contributed by atoms with E-state index in [9.17, 15) is 23.3 Å². The van der Waals surface area contributed by atoms with Crippen LogP contribution in [0.5, 0.6) is 0 Å². The van der Waals surface area contributed by atoms with E-state index in [4.69, 9.17) is 0 Å². The Bertz CT molecular complexity index is 612. The second-order valence-electron chi connectivity index (χ2n) is 3.73. The fourth-order valence-corrected chi connectivity index (χ4v) is 1.65. The van der Waals surface area contributed by atoms with Gasteiger partial charge in [-0.15, -0.1) is 0 Å². The lowest BCUT2D eigenvalue weighted by Crippen LogP contribution is -2.08. The molecular weight excluding hydrogens is 261 g/mol. The molecule has 1 heterocycles. The van der Waals surface area contributed by atoms with Gasteiger partial charge in [-0.25, -0.2) is 0 Å². The third-order valence-corrected chi connectivity index (χ3v) is 2.49. The summed E-state index contributed by atoms with van der Waals surface area (Å²) in [5.74, 6) is 0. The zero-order chi connectivity index (χ0) is 14.0. The van der Waals surface area contributed by atoms with Crippen LogP contribution in [0.2, 0.25) is 0 Å². The minimum atomic E-state index is -4.67. The third-order valence-electron chi connectivity index (χ3n) is 2.49. The van der Waals surface area contributed by atoms with Gasteiger partial charge in [-0.2, -0.15) is 13.2 Å². The lowest BCUT2D eigenvalue weighted by atomic mass is 10.00. The summed E-state index contributed by atoms with van der Waals surface area (Å²) in [6.45, 7) is 0. The van der Waals surface area contributed by atoms with E-state index < -0.39 is 22.4 Å². The van der Waals surface area contributed by atoms with Gasteiger partial charge in [0.05, 0.1) is 10.5 Å². The van der Waals surface area contributed by atoms with E-state index in [0.29, 0.717) is 6.07 Å². The molecule has 0 aliphatic carbocycles. The predicted molar refractivity (Wildman–Crippen MR) is 61.3 cm³/mol. The number of hydrogen-bond donors (Lipinski definition) is 0. The molecule has 0 saturated heterocycles. The molecular formula is C12H7F3N2O2. The maximum Gasteiger partial charge on any atom is 0.417 e. The summed E-state index contributed by atoms with van der Waals surface area (Å²) >= 11 is 0. The van der Waals surface area contributed by atoms with E-state index in [2.05, 4.69) is 4.98 Å². The topological polar surface area (TPSA) is 56.0 Å². The van der Waals surface area contributed by atoms with Crippen LogP contribution in [0.3, 0.4) is 0 Å². The van der Waals surface area contributed by atoms with Gasteiger partial charge < -0.3 is 0 Å². The summed E-state index contributed by atoms with van der Waals surface area (Å²) in [5, 5.41) is 10.6. The van der Waals surface area contributed by atoms with Crippen LogP contribution in [-0.2, 0) is 6.18 Å². The number of benzene rings is 1.